The van der Waals surface area contributed by atoms with Crippen molar-refractivity contribution in [3.05, 3.63) is 66.2 Å². The third kappa shape index (κ3) is 5.93. The second-order valence-corrected chi connectivity index (χ2v) is 9.92. The zero-order valence-corrected chi connectivity index (χ0v) is 22.5. The van der Waals surface area contributed by atoms with Gasteiger partial charge in [-0.25, -0.2) is 9.97 Å². The molecule has 0 atom stereocenters. The zero-order valence-electron chi connectivity index (χ0n) is 21.7. The van der Waals surface area contributed by atoms with E-state index in [1.165, 1.54) is 5.69 Å². The minimum absolute atomic E-state index is 0.0914. The first-order chi connectivity index (χ1) is 17.5. The highest BCUT2D eigenvalue weighted by Crippen LogP contribution is 2.29. The van der Waals surface area contributed by atoms with E-state index >= 15 is 0 Å². The van der Waals surface area contributed by atoms with Crippen LogP contribution in [0.15, 0.2) is 65.8 Å². The van der Waals surface area contributed by atoms with Crippen LogP contribution in [0.4, 0.5) is 23.0 Å². The number of piperazine rings is 1. The number of thioether (sulfide) groups is 1. The van der Waals surface area contributed by atoms with Crippen LogP contribution in [0.1, 0.15) is 31.1 Å². The van der Waals surface area contributed by atoms with Gasteiger partial charge in [0.25, 0.3) is 5.91 Å². The van der Waals surface area contributed by atoms with Crippen LogP contribution in [-0.4, -0.2) is 72.8 Å². The number of aromatic nitrogens is 2. The van der Waals surface area contributed by atoms with Crippen molar-refractivity contribution in [3.63, 3.8) is 0 Å². The summed E-state index contributed by atoms with van der Waals surface area (Å²) in [5.74, 6) is 2.78. The van der Waals surface area contributed by atoms with E-state index in [0.29, 0.717) is 13.1 Å². The summed E-state index contributed by atoms with van der Waals surface area (Å²) in [5, 5.41) is 0.777. The van der Waals surface area contributed by atoms with E-state index in [0.717, 1.165) is 60.0 Å². The zero-order chi connectivity index (χ0) is 25.5. The van der Waals surface area contributed by atoms with Gasteiger partial charge in [-0.05, 0) is 56.0 Å². The molecule has 1 fully saturated rings. The Morgan fingerprint density at radius 3 is 2.14 bits per heavy atom. The maximum Gasteiger partial charge on any atom is 0.253 e. The van der Waals surface area contributed by atoms with E-state index in [2.05, 4.69) is 72.9 Å². The summed E-state index contributed by atoms with van der Waals surface area (Å²) in [6.07, 6.45) is 0. The van der Waals surface area contributed by atoms with Gasteiger partial charge in [-0.2, -0.15) is 0 Å². The maximum atomic E-state index is 12.9. The molecule has 0 bridgehead atoms. The fourth-order valence-corrected chi connectivity index (χ4v) is 5.01. The number of amides is 1. The molecule has 0 unspecified atom stereocenters. The number of hydrogen-bond donors (Lipinski definition) is 0. The molecule has 2 heterocycles. The molecule has 0 radical (unpaired) electrons. The fourth-order valence-electron chi connectivity index (χ4n) is 4.44. The Labute approximate surface area is 219 Å². The van der Waals surface area contributed by atoms with Crippen LogP contribution in [-0.2, 0) is 0 Å². The second-order valence-electron chi connectivity index (χ2n) is 8.69. The van der Waals surface area contributed by atoms with E-state index in [9.17, 15) is 4.79 Å². The maximum absolute atomic E-state index is 12.9. The lowest BCUT2D eigenvalue weighted by Crippen LogP contribution is -2.49. The molecule has 0 aliphatic carbocycles. The monoisotopic (exact) mass is 504 g/mol. The number of nitrogens with zero attached hydrogens (tertiary/aromatic N) is 6. The van der Waals surface area contributed by atoms with E-state index in [1.54, 1.807) is 11.8 Å². The number of rotatable bonds is 9. The lowest BCUT2D eigenvalue weighted by atomic mass is 10.2. The lowest BCUT2D eigenvalue weighted by molar-refractivity contribution is 0.0746. The van der Waals surface area contributed by atoms with Crippen LogP contribution < -0.4 is 14.7 Å². The summed E-state index contributed by atoms with van der Waals surface area (Å²) in [5.41, 5.74) is 3.05. The first-order valence-corrected chi connectivity index (χ1v) is 13.7. The van der Waals surface area contributed by atoms with Crippen molar-refractivity contribution in [1.29, 1.82) is 0 Å². The van der Waals surface area contributed by atoms with E-state index < -0.39 is 0 Å². The van der Waals surface area contributed by atoms with Gasteiger partial charge in [0.05, 0.1) is 0 Å². The van der Waals surface area contributed by atoms with Crippen molar-refractivity contribution < 1.29 is 4.79 Å². The predicted octanol–water partition coefficient (Wildman–Crippen LogP) is 5.17. The highest BCUT2D eigenvalue weighted by Gasteiger charge is 2.24. The minimum atomic E-state index is 0.0914. The van der Waals surface area contributed by atoms with Gasteiger partial charge in [-0.1, -0.05) is 36.9 Å². The van der Waals surface area contributed by atoms with Crippen molar-refractivity contribution in [3.8, 4) is 0 Å². The third-order valence-electron chi connectivity index (χ3n) is 6.57. The van der Waals surface area contributed by atoms with Gasteiger partial charge >= 0.3 is 0 Å². The Hall–Kier alpha value is -3.26. The number of benzene rings is 2. The molecule has 36 heavy (non-hydrogen) atoms. The van der Waals surface area contributed by atoms with Crippen LogP contribution in [0.3, 0.4) is 0 Å². The molecular formula is C28H36N6OS. The van der Waals surface area contributed by atoms with Crippen molar-refractivity contribution in [1.82, 2.24) is 14.9 Å². The Morgan fingerprint density at radius 2 is 1.53 bits per heavy atom. The quantitative estimate of drug-likeness (QED) is 0.294. The van der Waals surface area contributed by atoms with Crippen molar-refractivity contribution in [2.75, 3.05) is 66.8 Å². The van der Waals surface area contributed by atoms with E-state index in [4.69, 9.17) is 9.97 Å². The summed E-state index contributed by atoms with van der Waals surface area (Å²) < 4.78 is 0. The highest BCUT2D eigenvalue weighted by molar-refractivity contribution is 7.99. The van der Waals surface area contributed by atoms with Gasteiger partial charge in [0.1, 0.15) is 11.6 Å². The molecule has 1 aromatic heterocycles. The Morgan fingerprint density at radius 1 is 0.889 bits per heavy atom. The highest BCUT2D eigenvalue weighted by atomic mass is 32.2. The van der Waals surface area contributed by atoms with Crippen LogP contribution >= 0.6 is 11.8 Å². The van der Waals surface area contributed by atoms with Crippen molar-refractivity contribution >= 4 is 40.7 Å². The smallest absolute Gasteiger partial charge is 0.253 e. The molecule has 190 valence electrons. The minimum Gasteiger partial charge on any atom is -0.372 e. The summed E-state index contributed by atoms with van der Waals surface area (Å²) in [4.78, 5) is 31.2. The molecule has 8 heteroatoms. The van der Waals surface area contributed by atoms with E-state index in [1.807, 2.05) is 35.2 Å². The summed E-state index contributed by atoms with van der Waals surface area (Å²) in [6, 6.07) is 20.2. The third-order valence-corrected chi connectivity index (χ3v) is 7.30. The molecule has 7 nitrogen and oxygen atoms in total. The van der Waals surface area contributed by atoms with E-state index in [-0.39, 0.29) is 5.91 Å². The molecule has 0 N–H and O–H groups in total. The van der Waals surface area contributed by atoms with Gasteiger partial charge in [-0.15, -0.1) is 0 Å². The van der Waals surface area contributed by atoms with Crippen LogP contribution in [0.5, 0.6) is 0 Å². The number of carbonyl (C=O) groups is 1. The summed E-state index contributed by atoms with van der Waals surface area (Å²) >= 11 is 1.65. The molecule has 2 aromatic carbocycles. The van der Waals surface area contributed by atoms with Gasteiger partial charge in [-0.3, -0.25) is 4.79 Å². The molecule has 0 spiro atoms. The van der Waals surface area contributed by atoms with Gasteiger partial charge in [0, 0.05) is 69.3 Å². The first-order valence-electron chi connectivity index (χ1n) is 12.7. The summed E-state index contributed by atoms with van der Waals surface area (Å²) in [6.45, 7) is 11.3. The van der Waals surface area contributed by atoms with Gasteiger partial charge in [0.2, 0.25) is 0 Å². The second kappa shape index (κ2) is 12.1. The molecule has 1 saturated heterocycles. The number of hydrogen-bond acceptors (Lipinski definition) is 7. The van der Waals surface area contributed by atoms with Gasteiger partial charge in [0.15, 0.2) is 5.16 Å². The molecule has 3 aromatic rings. The van der Waals surface area contributed by atoms with Crippen LogP contribution in [0.2, 0.25) is 0 Å². The van der Waals surface area contributed by atoms with Crippen molar-refractivity contribution in [2.24, 2.45) is 0 Å². The van der Waals surface area contributed by atoms with Crippen LogP contribution in [0, 0.1) is 0 Å². The Bertz CT molecular complexity index is 1130. The normalized spacial score (nSPS) is 13.6. The van der Waals surface area contributed by atoms with Crippen LogP contribution in [0.25, 0.3) is 0 Å². The average Bonchev–Trinajstić information content (AvgIpc) is 2.94. The lowest BCUT2D eigenvalue weighted by Gasteiger charge is -2.36. The Balaban J connectivity index is 1.51. The molecule has 1 aliphatic heterocycles. The number of anilines is 4. The molecule has 4 rings (SSSR count). The molecular weight excluding hydrogens is 468 g/mol. The Kier molecular flexibility index (Phi) is 8.70. The van der Waals surface area contributed by atoms with Gasteiger partial charge < -0.3 is 19.6 Å². The number of carbonyl (C=O) groups excluding carboxylic acids is 1. The molecule has 1 aliphatic rings. The topological polar surface area (TPSA) is 55.8 Å². The summed E-state index contributed by atoms with van der Waals surface area (Å²) in [7, 11) is 2.05. The van der Waals surface area contributed by atoms with Crippen molar-refractivity contribution in [2.45, 2.75) is 25.9 Å². The SMILES string of the molecule is CCSc1nc(N2CCN(C(=O)c3ccccc3)CC2)cc(N(C)c2ccc(N(CC)CC)cc2)n1. The average molecular weight is 505 g/mol. The largest absolute Gasteiger partial charge is 0.372 e. The predicted molar refractivity (Wildman–Crippen MR) is 151 cm³/mol. The molecule has 0 saturated carbocycles. The fraction of sp³-hybridized carbons (Fsp3) is 0.393. The molecule has 1 amide bonds. The first kappa shape index (κ1) is 25.8. The standard InChI is InChI=1S/C28H36N6OS/c1-5-32(6-2)24-15-13-23(14-16-24)31(4)25-21-26(30-28(29-25)36-7-3)33-17-19-34(20-18-33)27(35)22-11-9-8-10-12-22/h8-16,21H,5-7,17-20H2,1-4H3.